The lowest BCUT2D eigenvalue weighted by Gasteiger charge is -2.10. The molecule has 2 N–H and O–H groups in total. The van der Waals surface area contributed by atoms with Crippen molar-refractivity contribution < 1.29 is 9.59 Å². The van der Waals surface area contributed by atoms with E-state index in [9.17, 15) is 9.59 Å². The Labute approximate surface area is 164 Å². The summed E-state index contributed by atoms with van der Waals surface area (Å²) in [6, 6.07) is 21.1. The molecule has 0 atom stereocenters. The van der Waals surface area contributed by atoms with Crippen LogP contribution in [0.15, 0.2) is 66.7 Å². The lowest BCUT2D eigenvalue weighted by Crippen LogP contribution is -2.36. The molecular formula is C22H24N4O2. The molecule has 3 aromatic rings. The molecule has 0 saturated carbocycles. The van der Waals surface area contributed by atoms with Crippen LogP contribution in [0.1, 0.15) is 24.3 Å². The minimum Gasteiger partial charge on any atom is -0.354 e. The van der Waals surface area contributed by atoms with Crippen molar-refractivity contribution in [1.29, 1.82) is 0 Å². The number of nitrogens with one attached hydrogen (secondary N) is 2. The van der Waals surface area contributed by atoms with Crippen LogP contribution in [0.2, 0.25) is 0 Å². The predicted octanol–water partition coefficient (Wildman–Crippen LogP) is 3.04. The van der Waals surface area contributed by atoms with E-state index in [1.54, 1.807) is 10.7 Å². The van der Waals surface area contributed by atoms with Crippen molar-refractivity contribution in [3.8, 4) is 16.9 Å². The number of para-hydroxylation sites is 1. The van der Waals surface area contributed by atoms with Gasteiger partial charge in [0.25, 0.3) is 5.91 Å². The van der Waals surface area contributed by atoms with Crippen molar-refractivity contribution in [1.82, 2.24) is 20.4 Å². The zero-order valence-corrected chi connectivity index (χ0v) is 16.1. The van der Waals surface area contributed by atoms with Gasteiger partial charge in [0, 0.05) is 24.6 Å². The highest BCUT2D eigenvalue weighted by atomic mass is 16.2. The van der Waals surface area contributed by atoms with Crippen LogP contribution in [0.25, 0.3) is 16.9 Å². The van der Waals surface area contributed by atoms with Crippen LogP contribution in [0.5, 0.6) is 0 Å². The second kappa shape index (κ2) is 8.99. The highest BCUT2D eigenvalue weighted by molar-refractivity contribution is 5.94. The number of carbonyl (C=O) groups excluding carboxylic acids is 2. The third kappa shape index (κ3) is 4.65. The standard InChI is InChI=1S/C22H24N4O2/c1-16(2)21(27)23-13-14-24-22(28)20-15-19(17-9-5-3-6-10-17)25-26(20)18-11-7-4-8-12-18/h3-12,15-16H,13-14H2,1-2H3,(H,23,27)(H,24,28). The lowest BCUT2D eigenvalue weighted by atomic mass is 10.1. The van der Waals surface area contributed by atoms with Gasteiger partial charge in [0.1, 0.15) is 5.69 Å². The number of hydrogen-bond donors (Lipinski definition) is 2. The number of hydrogen-bond acceptors (Lipinski definition) is 3. The van der Waals surface area contributed by atoms with Crippen LogP contribution in [0, 0.1) is 5.92 Å². The van der Waals surface area contributed by atoms with E-state index in [0.717, 1.165) is 16.9 Å². The van der Waals surface area contributed by atoms with E-state index in [1.165, 1.54) is 0 Å². The molecule has 0 fully saturated rings. The Bertz CT molecular complexity index is 934. The zero-order chi connectivity index (χ0) is 19.9. The maximum Gasteiger partial charge on any atom is 0.270 e. The Hall–Kier alpha value is -3.41. The third-order valence-electron chi connectivity index (χ3n) is 4.25. The van der Waals surface area contributed by atoms with Crippen molar-refractivity contribution in [3.63, 3.8) is 0 Å². The first-order chi connectivity index (χ1) is 13.6. The summed E-state index contributed by atoms with van der Waals surface area (Å²) in [5.74, 6) is -0.351. The van der Waals surface area contributed by atoms with E-state index in [4.69, 9.17) is 0 Å². The second-order valence-corrected chi connectivity index (χ2v) is 6.73. The fraction of sp³-hybridized carbons (Fsp3) is 0.227. The van der Waals surface area contributed by atoms with Crippen LogP contribution < -0.4 is 10.6 Å². The molecule has 3 rings (SSSR count). The summed E-state index contributed by atoms with van der Waals surface area (Å²) in [4.78, 5) is 24.4. The average molecular weight is 376 g/mol. The molecular weight excluding hydrogens is 352 g/mol. The van der Waals surface area contributed by atoms with Crippen molar-refractivity contribution in [2.75, 3.05) is 13.1 Å². The smallest absolute Gasteiger partial charge is 0.270 e. The largest absolute Gasteiger partial charge is 0.354 e. The highest BCUT2D eigenvalue weighted by Crippen LogP contribution is 2.21. The molecule has 0 unspecified atom stereocenters. The van der Waals surface area contributed by atoms with E-state index < -0.39 is 0 Å². The van der Waals surface area contributed by atoms with Crippen LogP contribution in [-0.2, 0) is 4.79 Å². The van der Waals surface area contributed by atoms with E-state index in [-0.39, 0.29) is 17.7 Å². The average Bonchev–Trinajstić information content (AvgIpc) is 3.18. The predicted molar refractivity (Wildman–Crippen MR) is 109 cm³/mol. The monoisotopic (exact) mass is 376 g/mol. The van der Waals surface area contributed by atoms with Crippen molar-refractivity contribution >= 4 is 11.8 Å². The van der Waals surface area contributed by atoms with E-state index >= 15 is 0 Å². The van der Waals surface area contributed by atoms with Crippen molar-refractivity contribution in [3.05, 3.63) is 72.4 Å². The van der Waals surface area contributed by atoms with Gasteiger partial charge in [-0.15, -0.1) is 0 Å². The summed E-state index contributed by atoms with van der Waals surface area (Å²) >= 11 is 0. The van der Waals surface area contributed by atoms with Gasteiger partial charge < -0.3 is 10.6 Å². The Morgan fingerprint density at radius 2 is 1.54 bits per heavy atom. The minimum atomic E-state index is -0.239. The molecule has 28 heavy (non-hydrogen) atoms. The van der Waals surface area contributed by atoms with Crippen molar-refractivity contribution in [2.45, 2.75) is 13.8 Å². The molecule has 1 heterocycles. The lowest BCUT2D eigenvalue weighted by molar-refractivity contribution is -0.123. The van der Waals surface area contributed by atoms with Crippen molar-refractivity contribution in [2.24, 2.45) is 5.92 Å². The number of benzene rings is 2. The first-order valence-corrected chi connectivity index (χ1v) is 9.33. The first-order valence-electron chi connectivity index (χ1n) is 9.33. The van der Waals surface area contributed by atoms with Gasteiger partial charge in [-0.2, -0.15) is 5.10 Å². The first kappa shape index (κ1) is 19.4. The Morgan fingerprint density at radius 1 is 0.929 bits per heavy atom. The second-order valence-electron chi connectivity index (χ2n) is 6.73. The molecule has 2 amide bonds. The summed E-state index contributed by atoms with van der Waals surface area (Å²) in [5, 5.41) is 10.3. The van der Waals surface area contributed by atoms with Crippen LogP contribution >= 0.6 is 0 Å². The molecule has 2 aromatic carbocycles. The topological polar surface area (TPSA) is 76.0 Å². The number of nitrogens with zero attached hydrogens (tertiary/aromatic N) is 2. The van der Waals surface area contributed by atoms with E-state index in [1.807, 2.05) is 74.5 Å². The molecule has 6 heteroatoms. The Kier molecular flexibility index (Phi) is 6.22. The van der Waals surface area contributed by atoms with Gasteiger partial charge in [0.05, 0.1) is 11.4 Å². The number of amides is 2. The quantitative estimate of drug-likeness (QED) is 0.622. The molecule has 0 aliphatic rings. The van der Waals surface area contributed by atoms with Gasteiger partial charge in [-0.05, 0) is 18.2 Å². The molecule has 0 radical (unpaired) electrons. The Balaban J connectivity index is 1.79. The van der Waals surface area contributed by atoms with Gasteiger partial charge >= 0.3 is 0 Å². The highest BCUT2D eigenvalue weighted by Gasteiger charge is 2.17. The summed E-state index contributed by atoms with van der Waals surface area (Å²) in [5.41, 5.74) is 2.92. The minimum absolute atomic E-state index is 0.0325. The maximum atomic E-state index is 12.8. The van der Waals surface area contributed by atoms with Crippen LogP contribution in [-0.4, -0.2) is 34.7 Å². The number of aromatic nitrogens is 2. The molecule has 0 aliphatic carbocycles. The van der Waals surface area contributed by atoms with Gasteiger partial charge in [0.2, 0.25) is 5.91 Å². The summed E-state index contributed by atoms with van der Waals surface area (Å²) in [7, 11) is 0. The summed E-state index contributed by atoms with van der Waals surface area (Å²) in [6.07, 6.45) is 0. The van der Waals surface area contributed by atoms with E-state index in [0.29, 0.717) is 18.8 Å². The third-order valence-corrected chi connectivity index (χ3v) is 4.25. The normalized spacial score (nSPS) is 10.7. The summed E-state index contributed by atoms with van der Waals surface area (Å²) in [6.45, 7) is 4.39. The molecule has 6 nitrogen and oxygen atoms in total. The molecule has 0 saturated heterocycles. The van der Waals surface area contributed by atoms with Gasteiger partial charge in [0.15, 0.2) is 0 Å². The maximum absolute atomic E-state index is 12.8. The molecule has 0 bridgehead atoms. The van der Waals surface area contributed by atoms with E-state index in [2.05, 4.69) is 15.7 Å². The molecule has 144 valence electrons. The van der Waals surface area contributed by atoms with Gasteiger partial charge in [-0.3, -0.25) is 9.59 Å². The number of rotatable bonds is 7. The van der Waals surface area contributed by atoms with Crippen LogP contribution in [0.3, 0.4) is 0 Å². The fourth-order valence-corrected chi connectivity index (χ4v) is 2.72. The Morgan fingerprint density at radius 3 is 2.18 bits per heavy atom. The molecule has 1 aromatic heterocycles. The summed E-state index contributed by atoms with van der Waals surface area (Å²) < 4.78 is 1.64. The molecule has 0 aliphatic heterocycles. The van der Waals surface area contributed by atoms with Crippen LogP contribution in [0.4, 0.5) is 0 Å². The zero-order valence-electron chi connectivity index (χ0n) is 16.1. The fourth-order valence-electron chi connectivity index (χ4n) is 2.72. The SMILES string of the molecule is CC(C)C(=O)NCCNC(=O)c1cc(-c2ccccc2)nn1-c1ccccc1. The van der Waals surface area contributed by atoms with Gasteiger partial charge in [-0.1, -0.05) is 62.4 Å². The number of carbonyl (C=O) groups is 2. The van der Waals surface area contributed by atoms with Gasteiger partial charge in [-0.25, -0.2) is 4.68 Å². The molecule has 0 spiro atoms.